The number of hydrogen-bond donors (Lipinski definition) is 1. The summed E-state index contributed by atoms with van der Waals surface area (Å²) in [6.45, 7) is 7.45. The highest BCUT2D eigenvalue weighted by Gasteiger charge is 2.20. The van der Waals surface area contributed by atoms with Crippen LogP contribution in [0.2, 0.25) is 5.02 Å². The number of pyridine rings is 1. The summed E-state index contributed by atoms with van der Waals surface area (Å²) >= 11 is 6.57. The number of carbonyl (C=O) groups excluding carboxylic acids is 1. The minimum absolute atomic E-state index is 0.242. The lowest BCUT2D eigenvalue weighted by Crippen LogP contribution is -2.13. The van der Waals surface area contributed by atoms with Crippen molar-refractivity contribution < 1.29 is 4.79 Å². The van der Waals surface area contributed by atoms with Crippen LogP contribution >= 0.6 is 11.6 Å². The Hall–Kier alpha value is -3.69. The number of amides is 1. The Morgan fingerprint density at radius 2 is 2.07 bits per heavy atom. The molecular formula is C22H18ClN5O. The van der Waals surface area contributed by atoms with Gasteiger partial charge in [-0.05, 0) is 50.3 Å². The number of hydrogen-bond acceptors (Lipinski definition) is 4. The third kappa shape index (κ3) is 3.96. The standard InChI is InChI=1S/C22H18ClN5O/c1-4-6-17(7-5-2)28-21-19(14(3)27-28)20(23)18(13-25-21)22(29)26-16-10-8-15(12-24)9-11-16/h4-11,13H,1H2,2-3H3,(H,26,29)/b7-5-,17-6+. The molecule has 0 atom stereocenters. The van der Waals surface area contributed by atoms with E-state index in [1.54, 1.807) is 35.0 Å². The molecule has 2 heterocycles. The van der Waals surface area contributed by atoms with Gasteiger partial charge < -0.3 is 5.32 Å². The molecule has 7 heteroatoms. The van der Waals surface area contributed by atoms with Crippen LogP contribution in [0, 0.1) is 18.3 Å². The van der Waals surface area contributed by atoms with Gasteiger partial charge >= 0.3 is 0 Å². The van der Waals surface area contributed by atoms with Crippen molar-refractivity contribution in [1.82, 2.24) is 14.8 Å². The van der Waals surface area contributed by atoms with Crippen LogP contribution in [0.5, 0.6) is 0 Å². The number of nitrogens with zero attached hydrogens (tertiary/aromatic N) is 4. The molecule has 29 heavy (non-hydrogen) atoms. The van der Waals surface area contributed by atoms with Crippen LogP contribution in [0.4, 0.5) is 5.69 Å². The minimum Gasteiger partial charge on any atom is -0.322 e. The number of benzene rings is 1. The van der Waals surface area contributed by atoms with E-state index in [1.807, 2.05) is 38.1 Å². The molecule has 0 unspecified atom stereocenters. The largest absolute Gasteiger partial charge is 0.322 e. The molecule has 0 bridgehead atoms. The number of halogens is 1. The Balaban J connectivity index is 2.03. The van der Waals surface area contributed by atoms with Gasteiger partial charge in [0.05, 0.1) is 39.0 Å². The van der Waals surface area contributed by atoms with Crippen molar-refractivity contribution in [3.05, 3.63) is 83.2 Å². The van der Waals surface area contributed by atoms with E-state index in [1.165, 1.54) is 6.20 Å². The zero-order valence-corrected chi connectivity index (χ0v) is 16.7. The topological polar surface area (TPSA) is 83.6 Å². The van der Waals surface area contributed by atoms with E-state index in [-0.39, 0.29) is 10.6 Å². The number of anilines is 1. The Labute approximate surface area is 173 Å². The zero-order valence-electron chi connectivity index (χ0n) is 16.0. The van der Waals surface area contributed by atoms with Crippen LogP contribution in [0.25, 0.3) is 16.7 Å². The van der Waals surface area contributed by atoms with Crippen molar-refractivity contribution in [1.29, 1.82) is 5.26 Å². The van der Waals surface area contributed by atoms with Gasteiger partial charge in [0, 0.05) is 11.9 Å². The first kappa shape index (κ1) is 20.1. The van der Waals surface area contributed by atoms with E-state index in [9.17, 15) is 4.79 Å². The Bertz CT molecular complexity index is 1200. The summed E-state index contributed by atoms with van der Waals surface area (Å²) < 4.78 is 1.67. The van der Waals surface area contributed by atoms with Gasteiger partial charge in [0.1, 0.15) is 0 Å². The van der Waals surface area contributed by atoms with Gasteiger partial charge in [0.2, 0.25) is 0 Å². The predicted molar refractivity (Wildman–Crippen MR) is 116 cm³/mol. The van der Waals surface area contributed by atoms with E-state index in [4.69, 9.17) is 16.9 Å². The molecule has 144 valence electrons. The van der Waals surface area contributed by atoms with Crippen LogP contribution in [0.3, 0.4) is 0 Å². The lowest BCUT2D eigenvalue weighted by molar-refractivity contribution is 0.102. The van der Waals surface area contributed by atoms with E-state index in [0.717, 1.165) is 5.70 Å². The summed E-state index contributed by atoms with van der Waals surface area (Å²) in [7, 11) is 0. The van der Waals surface area contributed by atoms with Gasteiger partial charge in [-0.1, -0.05) is 30.3 Å². The maximum absolute atomic E-state index is 12.7. The number of aryl methyl sites for hydroxylation is 1. The molecular weight excluding hydrogens is 386 g/mol. The molecule has 0 spiro atoms. The second-order valence-corrected chi connectivity index (χ2v) is 6.53. The average molecular weight is 404 g/mol. The molecule has 0 saturated heterocycles. The van der Waals surface area contributed by atoms with Crippen LogP contribution in [0.1, 0.15) is 28.5 Å². The lowest BCUT2D eigenvalue weighted by Gasteiger charge is -2.08. The minimum atomic E-state index is -0.392. The molecule has 2 aromatic heterocycles. The highest BCUT2D eigenvalue weighted by Crippen LogP contribution is 2.30. The fourth-order valence-corrected chi connectivity index (χ4v) is 3.22. The second kappa shape index (κ2) is 8.55. The fraction of sp³-hybridized carbons (Fsp3) is 0.0909. The Morgan fingerprint density at radius 1 is 1.34 bits per heavy atom. The summed E-state index contributed by atoms with van der Waals surface area (Å²) in [5.41, 5.74) is 3.29. The molecule has 3 aromatic rings. The average Bonchev–Trinajstić information content (AvgIpc) is 3.06. The van der Waals surface area contributed by atoms with Crippen LogP contribution in [0.15, 0.2) is 61.3 Å². The lowest BCUT2D eigenvalue weighted by atomic mass is 10.1. The van der Waals surface area contributed by atoms with Gasteiger partial charge in [-0.15, -0.1) is 0 Å². The van der Waals surface area contributed by atoms with Crippen molar-refractivity contribution in [3.8, 4) is 6.07 Å². The summed E-state index contributed by atoms with van der Waals surface area (Å²) in [5, 5.41) is 17.1. The Morgan fingerprint density at radius 3 is 2.69 bits per heavy atom. The van der Waals surface area contributed by atoms with Crippen molar-refractivity contribution in [3.63, 3.8) is 0 Å². The molecule has 0 aliphatic heterocycles. The third-order valence-electron chi connectivity index (χ3n) is 4.20. The zero-order chi connectivity index (χ0) is 21.0. The summed E-state index contributed by atoms with van der Waals surface area (Å²) in [6, 6.07) is 8.60. The third-order valence-corrected chi connectivity index (χ3v) is 4.59. The number of carbonyl (C=O) groups is 1. The van der Waals surface area contributed by atoms with E-state index >= 15 is 0 Å². The summed E-state index contributed by atoms with van der Waals surface area (Å²) in [4.78, 5) is 17.2. The number of aromatic nitrogens is 3. The molecule has 3 rings (SSSR count). The van der Waals surface area contributed by atoms with Crippen molar-refractivity contribution in [2.45, 2.75) is 13.8 Å². The quantitative estimate of drug-likeness (QED) is 0.599. The Kier molecular flexibility index (Phi) is 5.91. The molecule has 0 aliphatic rings. The number of allylic oxidation sites excluding steroid dienone is 5. The number of nitriles is 1. The van der Waals surface area contributed by atoms with Gasteiger partial charge in [0.25, 0.3) is 5.91 Å². The molecule has 6 nitrogen and oxygen atoms in total. The molecule has 1 aromatic carbocycles. The van der Waals surface area contributed by atoms with Crippen LogP contribution in [-0.2, 0) is 0 Å². The smallest absolute Gasteiger partial charge is 0.258 e. The fourth-order valence-electron chi connectivity index (χ4n) is 2.86. The van der Waals surface area contributed by atoms with Gasteiger partial charge in [-0.3, -0.25) is 4.79 Å². The molecule has 1 N–H and O–H groups in total. The molecule has 0 radical (unpaired) electrons. The summed E-state index contributed by atoms with van der Waals surface area (Å²) in [6.07, 6.45) is 8.68. The highest BCUT2D eigenvalue weighted by molar-refractivity contribution is 6.39. The van der Waals surface area contributed by atoms with Gasteiger partial charge in [-0.25, -0.2) is 9.67 Å². The van der Waals surface area contributed by atoms with Crippen LogP contribution in [-0.4, -0.2) is 20.7 Å². The molecule has 0 fully saturated rings. The van der Waals surface area contributed by atoms with Gasteiger partial charge in [-0.2, -0.15) is 10.4 Å². The molecule has 0 aliphatic carbocycles. The normalized spacial score (nSPS) is 11.6. The SMILES string of the molecule is C=C/C=C(\C=C/C)n1nc(C)c2c(Cl)c(C(=O)Nc3ccc(C#N)cc3)cnc21. The highest BCUT2D eigenvalue weighted by atomic mass is 35.5. The predicted octanol–water partition coefficient (Wildman–Crippen LogP) is 5.12. The number of rotatable bonds is 5. The summed E-state index contributed by atoms with van der Waals surface area (Å²) in [5.74, 6) is -0.392. The molecule has 1 amide bonds. The molecule has 0 saturated carbocycles. The first-order valence-electron chi connectivity index (χ1n) is 8.81. The monoisotopic (exact) mass is 403 g/mol. The van der Waals surface area contributed by atoms with Gasteiger partial charge in [0.15, 0.2) is 5.65 Å². The first-order valence-corrected chi connectivity index (χ1v) is 9.19. The number of fused-ring (bicyclic) bond motifs is 1. The van der Waals surface area contributed by atoms with Crippen molar-refractivity contribution in [2.24, 2.45) is 0 Å². The van der Waals surface area contributed by atoms with E-state index < -0.39 is 5.91 Å². The first-order chi connectivity index (χ1) is 14.0. The van der Waals surface area contributed by atoms with Crippen molar-refractivity contribution in [2.75, 3.05) is 5.32 Å². The van der Waals surface area contributed by atoms with E-state index in [2.05, 4.69) is 22.0 Å². The van der Waals surface area contributed by atoms with Crippen molar-refractivity contribution >= 4 is 39.9 Å². The van der Waals surface area contributed by atoms with Crippen LogP contribution < -0.4 is 5.32 Å². The number of nitrogens with one attached hydrogen (secondary N) is 1. The maximum atomic E-state index is 12.7. The van der Waals surface area contributed by atoms with E-state index in [0.29, 0.717) is 28.0 Å². The second-order valence-electron chi connectivity index (χ2n) is 6.15. The maximum Gasteiger partial charge on any atom is 0.258 e.